The average Bonchev–Trinajstić information content (AvgIpc) is 2.95. The van der Waals surface area contributed by atoms with Gasteiger partial charge in [0, 0.05) is 30.3 Å². The first-order chi connectivity index (χ1) is 18.4. The van der Waals surface area contributed by atoms with E-state index < -0.39 is 12.0 Å². The standard InChI is InChI=1S/C29H34N2O7/c1-34-24-13-10-21(28(17-24)36-3)16-25(29(30)33)20-8-11-23(12-9-20)38-19-22(32)18-31-14-15-37-27-7-5-4-6-26(27)35-2/h4-13,16-17,22,31-32H,14-15,18-19H2,1-3H3,(H2,30,33)/b25-16+. The minimum Gasteiger partial charge on any atom is -0.497 e. The molecule has 1 amide bonds. The van der Waals surface area contributed by atoms with Gasteiger partial charge in [-0.1, -0.05) is 24.3 Å². The molecule has 0 aliphatic carbocycles. The number of rotatable bonds is 15. The van der Waals surface area contributed by atoms with Crippen molar-refractivity contribution in [1.29, 1.82) is 0 Å². The van der Waals surface area contributed by atoms with Gasteiger partial charge in [0.05, 0.1) is 21.3 Å². The Morgan fingerprint density at radius 3 is 2.24 bits per heavy atom. The molecule has 0 heterocycles. The lowest BCUT2D eigenvalue weighted by atomic mass is 10.0. The third-order valence-electron chi connectivity index (χ3n) is 5.60. The summed E-state index contributed by atoms with van der Waals surface area (Å²) in [5.41, 5.74) is 7.29. The largest absolute Gasteiger partial charge is 0.497 e. The summed E-state index contributed by atoms with van der Waals surface area (Å²) in [5.74, 6) is 2.51. The molecule has 3 aromatic carbocycles. The molecule has 38 heavy (non-hydrogen) atoms. The minimum absolute atomic E-state index is 0.0985. The summed E-state index contributed by atoms with van der Waals surface area (Å²) < 4.78 is 27.3. The van der Waals surface area contributed by atoms with Crippen LogP contribution in [0.25, 0.3) is 11.6 Å². The van der Waals surface area contributed by atoms with Crippen LogP contribution in [0.15, 0.2) is 66.7 Å². The highest BCUT2D eigenvalue weighted by Crippen LogP contribution is 2.29. The first-order valence-electron chi connectivity index (χ1n) is 12.1. The quantitative estimate of drug-likeness (QED) is 0.158. The molecule has 0 fully saturated rings. The van der Waals surface area contributed by atoms with Crippen molar-refractivity contribution in [2.24, 2.45) is 5.73 Å². The number of ether oxygens (including phenoxy) is 5. The van der Waals surface area contributed by atoms with E-state index in [0.717, 1.165) is 0 Å². The number of para-hydroxylation sites is 2. The van der Waals surface area contributed by atoms with Gasteiger partial charge in [-0.05, 0) is 48.0 Å². The Hall–Kier alpha value is -4.21. The molecule has 0 aromatic heterocycles. The molecule has 0 spiro atoms. The summed E-state index contributed by atoms with van der Waals surface area (Å²) in [6.45, 7) is 1.41. The van der Waals surface area contributed by atoms with Gasteiger partial charge in [0.1, 0.15) is 36.6 Å². The molecule has 0 saturated heterocycles. The van der Waals surface area contributed by atoms with E-state index in [9.17, 15) is 9.90 Å². The van der Waals surface area contributed by atoms with E-state index in [-0.39, 0.29) is 6.61 Å². The number of amides is 1. The van der Waals surface area contributed by atoms with Gasteiger partial charge < -0.3 is 39.8 Å². The molecule has 9 nitrogen and oxygen atoms in total. The van der Waals surface area contributed by atoms with Crippen molar-refractivity contribution in [3.8, 4) is 28.7 Å². The maximum atomic E-state index is 12.2. The predicted molar refractivity (Wildman–Crippen MR) is 146 cm³/mol. The number of nitrogens with two attached hydrogens (primary N) is 1. The number of carbonyl (C=O) groups excluding carboxylic acids is 1. The second-order valence-corrected chi connectivity index (χ2v) is 8.22. The number of benzene rings is 3. The summed E-state index contributed by atoms with van der Waals surface area (Å²) in [6.07, 6.45) is 0.952. The van der Waals surface area contributed by atoms with Gasteiger partial charge in [-0.15, -0.1) is 0 Å². The molecule has 0 bridgehead atoms. The van der Waals surface area contributed by atoms with Gasteiger partial charge in [0.15, 0.2) is 11.5 Å². The predicted octanol–water partition coefficient (Wildman–Crippen LogP) is 3.15. The highest BCUT2D eigenvalue weighted by Gasteiger charge is 2.12. The lowest BCUT2D eigenvalue weighted by Gasteiger charge is -2.15. The van der Waals surface area contributed by atoms with E-state index in [1.807, 2.05) is 24.3 Å². The van der Waals surface area contributed by atoms with Gasteiger partial charge in [0.25, 0.3) is 0 Å². The van der Waals surface area contributed by atoms with Gasteiger partial charge in [-0.25, -0.2) is 0 Å². The lowest BCUT2D eigenvalue weighted by Crippen LogP contribution is -2.33. The van der Waals surface area contributed by atoms with Crippen LogP contribution in [-0.2, 0) is 4.79 Å². The van der Waals surface area contributed by atoms with Crippen LogP contribution >= 0.6 is 0 Å². The third-order valence-corrected chi connectivity index (χ3v) is 5.60. The molecule has 202 valence electrons. The van der Waals surface area contributed by atoms with Gasteiger partial charge in [0.2, 0.25) is 5.91 Å². The van der Waals surface area contributed by atoms with Crippen molar-refractivity contribution >= 4 is 17.6 Å². The monoisotopic (exact) mass is 522 g/mol. The summed E-state index contributed by atoms with van der Waals surface area (Å²) in [7, 11) is 4.71. The van der Waals surface area contributed by atoms with E-state index in [2.05, 4.69) is 5.32 Å². The molecule has 3 aromatic rings. The zero-order valence-electron chi connectivity index (χ0n) is 21.8. The number of hydrogen-bond donors (Lipinski definition) is 3. The number of primary amides is 1. The highest BCUT2D eigenvalue weighted by molar-refractivity contribution is 6.23. The molecule has 1 atom stereocenters. The first kappa shape index (κ1) is 28.4. The third kappa shape index (κ3) is 8.16. The number of aliphatic hydroxyl groups is 1. The Kier molecular flexibility index (Phi) is 10.8. The summed E-state index contributed by atoms with van der Waals surface area (Å²) in [6, 6.07) is 19.6. The normalized spacial score (nSPS) is 11.9. The smallest absolute Gasteiger partial charge is 0.249 e. The van der Waals surface area contributed by atoms with Crippen LogP contribution in [0.2, 0.25) is 0 Å². The molecule has 3 rings (SSSR count). The molecular weight excluding hydrogens is 488 g/mol. The Labute approximate surface area is 222 Å². The van der Waals surface area contributed by atoms with Crippen molar-refractivity contribution in [3.05, 3.63) is 77.9 Å². The molecular formula is C29H34N2O7. The van der Waals surface area contributed by atoms with Crippen LogP contribution in [0.3, 0.4) is 0 Å². The second kappa shape index (κ2) is 14.5. The van der Waals surface area contributed by atoms with Crippen LogP contribution in [0, 0.1) is 0 Å². The summed E-state index contributed by atoms with van der Waals surface area (Å²) in [5, 5.41) is 13.4. The molecule has 4 N–H and O–H groups in total. The molecule has 0 radical (unpaired) electrons. The number of carbonyl (C=O) groups is 1. The van der Waals surface area contributed by atoms with E-state index in [4.69, 9.17) is 29.4 Å². The van der Waals surface area contributed by atoms with E-state index in [0.29, 0.717) is 65.1 Å². The zero-order chi connectivity index (χ0) is 27.3. The fraction of sp³-hybridized carbons (Fsp3) is 0.276. The van der Waals surface area contributed by atoms with E-state index >= 15 is 0 Å². The Balaban J connectivity index is 1.49. The fourth-order valence-corrected chi connectivity index (χ4v) is 3.61. The van der Waals surface area contributed by atoms with Crippen molar-refractivity contribution in [3.63, 3.8) is 0 Å². The number of nitrogens with one attached hydrogen (secondary N) is 1. The Morgan fingerprint density at radius 1 is 0.895 bits per heavy atom. The highest BCUT2D eigenvalue weighted by atomic mass is 16.5. The summed E-state index contributed by atoms with van der Waals surface area (Å²) >= 11 is 0. The first-order valence-corrected chi connectivity index (χ1v) is 12.1. The average molecular weight is 523 g/mol. The fourth-order valence-electron chi connectivity index (χ4n) is 3.61. The molecule has 1 unspecified atom stereocenters. The number of methoxy groups -OCH3 is 3. The van der Waals surface area contributed by atoms with Crippen molar-refractivity contribution in [2.75, 3.05) is 47.6 Å². The summed E-state index contributed by atoms with van der Waals surface area (Å²) in [4.78, 5) is 12.2. The maximum absolute atomic E-state index is 12.2. The van der Waals surface area contributed by atoms with Crippen molar-refractivity contribution < 1.29 is 33.6 Å². The molecule has 0 saturated carbocycles. The molecule has 0 aliphatic rings. The van der Waals surface area contributed by atoms with E-state index in [1.54, 1.807) is 69.9 Å². The van der Waals surface area contributed by atoms with Crippen LogP contribution in [0.5, 0.6) is 28.7 Å². The minimum atomic E-state index is -0.718. The van der Waals surface area contributed by atoms with Crippen LogP contribution in [0.4, 0.5) is 0 Å². The van der Waals surface area contributed by atoms with Crippen LogP contribution in [0.1, 0.15) is 11.1 Å². The van der Waals surface area contributed by atoms with Crippen molar-refractivity contribution in [1.82, 2.24) is 5.32 Å². The number of aliphatic hydroxyl groups excluding tert-OH is 1. The Morgan fingerprint density at radius 2 is 1.58 bits per heavy atom. The maximum Gasteiger partial charge on any atom is 0.249 e. The second-order valence-electron chi connectivity index (χ2n) is 8.22. The lowest BCUT2D eigenvalue weighted by molar-refractivity contribution is -0.112. The molecule has 0 aliphatic heterocycles. The van der Waals surface area contributed by atoms with Gasteiger partial charge in [-0.2, -0.15) is 0 Å². The number of hydrogen-bond acceptors (Lipinski definition) is 8. The van der Waals surface area contributed by atoms with Crippen LogP contribution < -0.4 is 34.7 Å². The Bertz CT molecular complexity index is 1210. The SMILES string of the molecule is COc1ccc(/C=C(/C(N)=O)c2ccc(OCC(O)CNCCOc3ccccc3OC)cc2)c(OC)c1. The van der Waals surface area contributed by atoms with E-state index in [1.165, 1.54) is 0 Å². The van der Waals surface area contributed by atoms with Gasteiger partial charge >= 0.3 is 0 Å². The zero-order valence-corrected chi connectivity index (χ0v) is 21.8. The van der Waals surface area contributed by atoms with Gasteiger partial charge in [-0.3, -0.25) is 4.79 Å². The molecule has 9 heteroatoms. The van der Waals surface area contributed by atoms with Crippen LogP contribution in [-0.4, -0.2) is 64.8 Å². The van der Waals surface area contributed by atoms with Crippen molar-refractivity contribution in [2.45, 2.75) is 6.10 Å². The topological polar surface area (TPSA) is 122 Å².